The van der Waals surface area contributed by atoms with E-state index in [9.17, 15) is 0 Å². The molecule has 0 unspecified atom stereocenters. The number of hydrogen-bond donors (Lipinski definition) is 1. The number of rotatable bonds is 5. The predicted octanol–water partition coefficient (Wildman–Crippen LogP) is 0.963. The molecule has 1 N–H and O–H groups in total. The summed E-state index contributed by atoms with van der Waals surface area (Å²) in [6, 6.07) is 0. The number of hydrogen-bond acceptors (Lipinski definition) is 1. The van der Waals surface area contributed by atoms with Gasteiger partial charge in [-0.3, -0.25) is 0 Å². The minimum absolute atomic E-state index is 1.12. The van der Waals surface area contributed by atoms with E-state index in [1.807, 2.05) is 0 Å². The molecule has 0 bridgehead atoms. The van der Waals surface area contributed by atoms with Gasteiger partial charge >= 0.3 is 65.1 Å². The molecule has 47 valence electrons. The van der Waals surface area contributed by atoms with Crippen LogP contribution in [0.25, 0.3) is 0 Å². The van der Waals surface area contributed by atoms with E-state index in [4.69, 9.17) is 0 Å². The van der Waals surface area contributed by atoms with Gasteiger partial charge in [-0.25, -0.2) is 0 Å². The summed E-state index contributed by atoms with van der Waals surface area (Å²) < 4.78 is 1.41. The van der Waals surface area contributed by atoms with Gasteiger partial charge in [0.2, 0.25) is 0 Å². The second-order valence-electron chi connectivity index (χ2n) is 1.81. The normalized spacial score (nSPS) is 9.75. The van der Waals surface area contributed by atoms with Crippen molar-refractivity contribution < 1.29 is 0 Å². The molecule has 2 heteroatoms. The van der Waals surface area contributed by atoms with Crippen LogP contribution in [0, 0.1) is 0 Å². The standard InChI is InChI=1S/C6H14N.Sn/c1-3-5-6-7-4-2;/h7H,1,3-6H2,2H3;. The molecule has 0 saturated carbocycles. The molecule has 0 saturated heterocycles. The van der Waals surface area contributed by atoms with Gasteiger partial charge in [-0.15, -0.1) is 0 Å². The topological polar surface area (TPSA) is 12.0 Å². The van der Waals surface area contributed by atoms with Crippen LogP contribution >= 0.6 is 0 Å². The molecule has 0 fully saturated rings. The monoisotopic (exact) mass is 220 g/mol. The van der Waals surface area contributed by atoms with Crippen molar-refractivity contribution in [3.8, 4) is 0 Å². The van der Waals surface area contributed by atoms with Crippen LogP contribution in [0.15, 0.2) is 0 Å². The molecule has 0 aliphatic carbocycles. The van der Waals surface area contributed by atoms with Crippen LogP contribution in [-0.4, -0.2) is 35.6 Å². The Hall–Kier alpha value is 0.759. The number of nitrogens with one attached hydrogen (secondary N) is 1. The van der Waals surface area contributed by atoms with Gasteiger partial charge < -0.3 is 0 Å². The van der Waals surface area contributed by atoms with E-state index in [1.165, 1.54) is 23.8 Å². The summed E-state index contributed by atoms with van der Waals surface area (Å²) in [6.45, 7) is 4.49. The Kier molecular flexibility index (Phi) is 8.49. The average molecular weight is 219 g/mol. The quantitative estimate of drug-likeness (QED) is 0.536. The first-order chi connectivity index (χ1) is 3.91. The molecular formula is C6H14NSn. The molecule has 8 heavy (non-hydrogen) atoms. The van der Waals surface area contributed by atoms with Gasteiger partial charge in [0.05, 0.1) is 0 Å². The first-order valence-electron chi connectivity index (χ1n) is 3.27. The van der Waals surface area contributed by atoms with E-state index in [1.54, 1.807) is 22.5 Å². The molecule has 0 rings (SSSR count). The minimum atomic E-state index is 1.12. The Morgan fingerprint density at radius 1 is 1.38 bits per heavy atom. The summed E-state index contributed by atoms with van der Waals surface area (Å²) >= 11 is 1.68. The number of unbranched alkanes of at least 4 members (excludes halogenated alkanes) is 1. The predicted molar refractivity (Wildman–Crippen MR) is 38.3 cm³/mol. The summed E-state index contributed by atoms with van der Waals surface area (Å²) in [5.41, 5.74) is 0. The van der Waals surface area contributed by atoms with E-state index in [-0.39, 0.29) is 0 Å². The van der Waals surface area contributed by atoms with E-state index in [0.29, 0.717) is 0 Å². The van der Waals surface area contributed by atoms with Gasteiger partial charge in [0.25, 0.3) is 0 Å². The zero-order valence-electron chi connectivity index (χ0n) is 5.54. The molecule has 0 aliphatic heterocycles. The van der Waals surface area contributed by atoms with Gasteiger partial charge in [0, 0.05) is 0 Å². The molecule has 0 aliphatic rings. The van der Waals surface area contributed by atoms with Gasteiger partial charge in [-0.2, -0.15) is 0 Å². The van der Waals surface area contributed by atoms with Crippen molar-refractivity contribution in [2.45, 2.75) is 24.2 Å². The second-order valence-corrected chi connectivity index (χ2v) is 3.24. The summed E-state index contributed by atoms with van der Waals surface area (Å²) in [4.78, 5) is 0. The van der Waals surface area contributed by atoms with Crippen molar-refractivity contribution in [3.63, 3.8) is 0 Å². The van der Waals surface area contributed by atoms with Crippen LogP contribution in [0.3, 0.4) is 0 Å². The van der Waals surface area contributed by atoms with Crippen LogP contribution < -0.4 is 5.32 Å². The Morgan fingerprint density at radius 2 is 2.12 bits per heavy atom. The Bertz CT molecular complexity index is 33.5. The van der Waals surface area contributed by atoms with E-state index < -0.39 is 0 Å². The third-order valence-corrected chi connectivity index (χ3v) is 2.04. The van der Waals surface area contributed by atoms with Gasteiger partial charge in [-0.05, 0) is 0 Å². The zero-order chi connectivity index (χ0) is 6.24. The third-order valence-electron chi connectivity index (χ3n) is 1.03. The molecule has 0 atom stereocenters. The molecular weight excluding hydrogens is 205 g/mol. The Morgan fingerprint density at radius 3 is 2.62 bits per heavy atom. The van der Waals surface area contributed by atoms with E-state index in [2.05, 4.69) is 12.2 Å². The molecule has 0 spiro atoms. The van der Waals surface area contributed by atoms with Crippen LogP contribution in [0.5, 0.6) is 0 Å². The summed E-state index contributed by atoms with van der Waals surface area (Å²) in [6.07, 6.45) is 2.77. The van der Waals surface area contributed by atoms with E-state index in [0.717, 1.165) is 6.54 Å². The van der Waals surface area contributed by atoms with Gasteiger partial charge in [-0.1, -0.05) is 0 Å². The molecule has 0 aromatic heterocycles. The van der Waals surface area contributed by atoms with Gasteiger partial charge in [0.1, 0.15) is 0 Å². The molecule has 0 amide bonds. The first-order valence-corrected chi connectivity index (χ1v) is 5.29. The van der Waals surface area contributed by atoms with Crippen LogP contribution in [0.4, 0.5) is 0 Å². The maximum atomic E-state index is 3.29. The van der Waals surface area contributed by atoms with Crippen LogP contribution in [0.1, 0.15) is 19.8 Å². The van der Waals surface area contributed by atoms with E-state index >= 15 is 0 Å². The average Bonchev–Trinajstić information content (AvgIpc) is 1.81. The molecule has 0 heterocycles. The Balaban J connectivity index is 2.53. The van der Waals surface area contributed by atoms with Crippen molar-refractivity contribution in [1.82, 2.24) is 5.32 Å². The molecule has 0 aromatic carbocycles. The summed E-state index contributed by atoms with van der Waals surface area (Å²) in [5.74, 6) is 0. The SMILES string of the molecule is CCNCCC[CH2][Sn]. The van der Waals surface area contributed by atoms with Gasteiger partial charge in [0.15, 0.2) is 0 Å². The summed E-state index contributed by atoms with van der Waals surface area (Å²) in [5, 5.41) is 3.29. The van der Waals surface area contributed by atoms with Crippen molar-refractivity contribution in [2.75, 3.05) is 13.1 Å². The fourth-order valence-electron chi connectivity index (χ4n) is 0.552. The maximum absolute atomic E-state index is 3.29. The van der Waals surface area contributed by atoms with Crippen LogP contribution in [0.2, 0.25) is 4.44 Å². The molecule has 0 aromatic rings. The van der Waals surface area contributed by atoms with Crippen molar-refractivity contribution in [3.05, 3.63) is 0 Å². The second kappa shape index (κ2) is 7.76. The van der Waals surface area contributed by atoms with Crippen LogP contribution in [-0.2, 0) is 0 Å². The first kappa shape index (κ1) is 8.76. The zero-order valence-corrected chi connectivity index (χ0v) is 8.39. The fraction of sp³-hybridized carbons (Fsp3) is 1.00. The van der Waals surface area contributed by atoms with Crippen molar-refractivity contribution >= 4 is 22.5 Å². The molecule has 3 radical (unpaired) electrons. The fourth-order valence-corrected chi connectivity index (χ4v) is 1.27. The Labute approximate surface area is 65.3 Å². The van der Waals surface area contributed by atoms with Crippen molar-refractivity contribution in [2.24, 2.45) is 0 Å². The molecule has 1 nitrogen and oxygen atoms in total. The van der Waals surface area contributed by atoms with Crippen molar-refractivity contribution in [1.29, 1.82) is 0 Å². The summed E-state index contributed by atoms with van der Waals surface area (Å²) in [7, 11) is 0. The third kappa shape index (κ3) is 6.76.